The van der Waals surface area contributed by atoms with Crippen molar-refractivity contribution in [3.05, 3.63) is 22.4 Å². The quantitative estimate of drug-likeness (QED) is 0.806. The molecule has 1 heterocycles. The number of rotatable bonds is 5. The summed E-state index contributed by atoms with van der Waals surface area (Å²) in [5, 5.41) is 9.38. The number of hydrogen-bond acceptors (Lipinski definition) is 4. The molecule has 0 spiro atoms. The standard InChI is InChI=1S/C9H12Cl2N2O3S/c1-2-6(14)4-13-17(15,16)7-3-8(10)9(11)12-5-7/h3,5-6,13-14H,2,4H2,1H3. The molecule has 1 aromatic heterocycles. The first-order valence-electron chi connectivity index (χ1n) is 4.85. The van der Waals surface area contributed by atoms with Crippen LogP contribution in [0.15, 0.2) is 17.2 Å². The topological polar surface area (TPSA) is 79.3 Å². The Labute approximate surface area is 110 Å². The molecule has 1 rings (SSSR count). The van der Waals surface area contributed by atoms with Gasteiger partial charge >= 0.3 is 0 Å². The number of pyridine rings is 1. The number of halogens is 2. The summed E-state index contributed by atoms with van der Waals surface area (Å²) in [5.74, 6) is 0. The van der Waals surface area contributed by atoms with E-state index in [-0.39, 0.29) is 21.6 Å². The normalized spacial score (nSPS) is 13.6. The summed E-state index contributed by atoms with van der Waals surface area (Å²) < 4.78 is 25.8. The fraction of sp³-hybridized carbons (Fsp3) is 0.444. The molecule has 96 valence electrons. The average molecular weight is 299 g/mol. The lowest BCUT2D eigenvalue weighted by atomic mass is 10.3. The summed E-state index contributed by atoms with van der Waals surface area (Å²) in [5.41, 5.74) is 0. The van der Waals surface area contributed by atoms with Crippen LogP contribution in [-0.4, -0.2) is 31.2 Å². The molecule has 0 amide bonds. The zero-order valence-electron chi connectivity index (χ0n) is 9.02. The predicted octanol–water partition coefficient (Wildman–Crippen LogP) is 1.44. The minimum atomic E-state index is -3.72. The minimum Gasteiger partial charge on any atom is -0.392 e. The van der Waals surface area contributed by atoms with Gasteiger partial charge in [0.15, 0.2) is 0 Å². The van der Waals surface area contributed by atoms with Crippen molar-refractivity contribution in [3.63, 3.8) is 0 Å². The highest BCUT2D eigenvalue weighted by atomic mass is 35.5. The average Bonchev–Trinajstić information content (AvgIpc) is 2.29. The number of nitrogens with zero attached hydrogens (tertiary/aromatic N) is 1. The second-order valence-corrected chi connectivity index (χ2v) is 5.89. The number of aliphatic hydroxyl groups excluding tert-OH is 1. The maximum Gasteiger partial charge on any atom is 0.242 e. The van der Waals surface area contributed by atoms with E-state index < -0.39 is 16.1 Å². The Bertz CT molecular complexity index is 493. The fourth-order valence-electron chi connectivity index (χ4n) is 0.984. The lowest BCUT2D eigenvalue weighted by Gasteiger charge is -2.10. The number of aromatic nitrogens is 1. The Morgan fingerprint density at radius 1 is 1.53 bits per heavy atom. The van der Waals surface area contributed by atoms with Crippen molar-refractivity contribution in [2.75, 3.05) is 6.54 Å². The molecule has 1 aromatic rings. The number of nitrogens with one attached hydrogen (secondary N) is 1. The Kier molecular flexibility index (Phi) is 5.15. The van der Waals surface area contributed by atoms with Gasteiger partial charge in [0.25, 0.3) is 0 Å². The van der Waals surface area contributed by atoms with Gasteiger partial charge in [-0.2, -0.15) is 0 Å². The molecule has 1 atom stereocenters. The van der Waals surface area contributed by atoms with Crippen molar-refractivity contribution >= 4 is 33.2 Å². The van der Waals surface area contributed by atoms with E-state index in [2.05, 4.69) is 9.71 Å². The molecule has 8 heteroatoms. The Morgan fingerprint density at radius 3 is 2.71 bits per heavy atom. The molecule has 0 saturated heterocycles. The first-order chi connectivity index (χ1) is 7.86. The van der Waals surface area contributed by atoms with Crippen molar-refractivity contribution in [1.29, 1.82) is 0 Å². The highest BCUT2D eigenvalue weighted by Crippen LogP contribution is 2.21. The van der Waals surface area contributed by atoms with E-state index >= 15 is 0 Å². The van der Waals surface area contributed by atoms with Crippen LogP contribution in [0, 0.1) is 0 Å². The number of hydrogen-bond donors (Lipinski definition) is 2. The third-order valence-electron chi connectivity index (χ3n) is 2.06. The Hall–Kier alpha value is -0.400. The molecular weight excluding hydrogens is 287 g/mol. The molecule has 2 N–H and O–H groups in total. The van der Waals surface area contributed by atoms with Gasteiger partial charge in [-0.05, 0) is 12.5 Å². The largest absolute Gasteiger partial charge is 0.392 e. The monoisotopic (exact) mass is 298 g/mol. The zero-order valence-corrected chi connectivity index (χ0v) is 11.3. The summed E-state index contributed by atoms with van der Waals surface area (Å²) in [7, 11) is -3.72. The smallest absolute Gasteiger partial charge is 0.242 e. The third-order valence-corrected chi connectivity index (χ3v) is 4.14. The molecule has 0 aromatic carbocycles. The van der Waals surface area contributed by atoms with Crippen molar-refractivity contribution in [2.45, 2.75) is 24.3 Å². The van der Waals surface area contributed by atoms with Crippen LogP contribution in [0.4, 0.5) is 0 Å². The van der Waals surface area contributed by atoms with Crippen LogP contribution >= 0.6 is 23.2 Å². The predicted molar refractivity (Wildman–Crippen MR) is 65.7 cm³/mol. The van der Waals surface area contributed by atoms with Gasteiger partial charge in [-0.25, -0.2) is 18.1 Å². The van der Waals surface area contributed by atoms with E-state index in [4.69, 9.17) is 23.2 Å². The molecule has 5 nitrogen and oxygen atoms in total. The SMILES string of the molecule is CCC(O)CNS(=O)(=O)c1cnc(Cl)c(Cl)c1. The van der Waals surface area contributed by atoms with Gasteiger partial charge in [0.1, 0.15) is 10.0 Å². The van der Waals surface area contributed by atoms with Crippen molar-refractivity contribution in [2.24, 2.45) is 0 Å². The summed E-state index contributed by atoms with van der Waals surface area (Å²) >= 11 is 11.3. The second kappa shape index (κ2) is 5.97. The molecule has 0 bridgehead atoms. The van der Waals surface area contributed by atoms with Crippen LogP contribution in [-0.2, 0) is 10.0 Å². The van der Waals surface area contributed by atoms with Gasteiger partial charge in [0.2, 0.25) is 10.0 Å². The summed E-state index contributed by atoms with van der Waals surface area (Å²) in [4.78, 5) is 3.56. The molecular formula is C9H12Cl2N2O3S. The summed E-state index contributed by atoms with van der Waals surface area (Å²) in [6.07, 6.45) is 0.845. The van der Waals surface area contributed by atoms with Crippen LogP contribution in [0.3, 0.4) is 0 Å². The minimum absolute atomic E-state index is 0.0409. The molecule has 0 aliphatic carbocycles. The van der Waals surface area contributed by atoms with E-state index in [1.165, 1.54) is 6.07 Å². The second-order valence-electron chi connectivity index (χ2n) is 3.36. The van der Waals surface area contributed by atoms with Crippen LogP contribution in [0.25, 0.3) is 0 Å². The molecule has 1 unspecified atom stereocenters. The van der Waals surface area contributed by atoms with E-state index in [1.807, 2.05) is 0 Å². The maximum absolute atomic E-state index is 11.8. The van der Waals surface area contributed by atoms with Crippen LogP contribution in [0.1, 0.15) is 13.3 Å². The van der Waals surface area contributed by atoms with E-state index in [9.17, 15) is 13.5 Å². The Balaban J connectivity index is 2.86. The van der Waals surface area contributed by atoms with Crippen LogP contribution in [0.2, 0.25) is 10.2 Å². The van der Waals surface area contributed by atoms with Gasteiger partial charge in [-0.15, -0.1) is 0 Å². The van der Waals surface area contributed by atoms with Crippen molar-refractivity contribution < 1.29 is 13.5 Å². The fourth-order valence-corrected chi connectivity index (χ4v) is 2.36. The van der Waals surface area contributed by atoms with Crippen molar-refractivity contribution in [3.8, 4) is 0 Å². The summed E-state index contributed by atoms with van der Waals surface area (Å²) in [6.45, 7) is 1.69. The zero-order chi connectivity index (χ0) is 13.1. The lowest BCUT2D eigenvalue weighted by Crippen LogP contribution is -2.31. The first-order valence-corrected chi connectivity index (χ1v) is 7.09. The number of aliphatic hydroxyl groups is 1. The third kappa shape index (κ3) is 4.08. The lowest BCUT2D eigenvalue weighted by molar-refractivity contribution is 0.174. The van der Waals surface area contributed by atoms with E-state index in [0.717, 1.165) is 6.20 Å². The molecule has 0 fully saturated rings. The molecule has 0 saturated carbocycles. The Morgan fingerprint density at radius 2 is 2.18 bits per heavy atom. The van der Waals surface area contributed by atoms with Crippen molar-refractivity contribution in [1.82, 2.24) is 9.71 Å². The molecule has 17 heavy (non-hydrogen) atoms. The van der Waals surface area contributed by atoms with Gasteiger partial charge in [0.05, 0.1) is 11.1 Å². The highest BCUT2D eigenvalue weighted by molar-refractivity contribution is 7.89. The van der Waals surface area contributed by atoms with E-state index in [0.29, 0.717) is 6.42 Å². The number of sulfonamides is 1. The van der Waals surface area contributed by atoms with Gasteiger partial charge in [0, 0.05) is 12.7 Å². The first kappa shape index (κ1) is 14.7. The van der Waals surface area contributed by atoms with Gasteiger partial charge in [-0.1, -0.05) is 30.1 Å². The van der Waals surface area contributed by atoms with Crippen LogP contribution in [0.5, 0.6) is 0 Å². The highest BCUT2D eigenvalue weighted by Gasteiger charge is 2.17. The van der Waals surface area contributed by atoms with E-state index in [1.54, 1.807) is 6.92 Å². The van der Waals surface area contributed by atoms with Gasteiger partial charge < -0.3 is 5.11 Å². The molecule has 0 aliphatic heterocycles. The van der Waals surface area contributed by atoms with Gasteiger partial charge in [-0.3, -0.25) is 0 Å². The van der Waals surface area contributed by atoms with Crippen LogP contribution < -0.4 is 4.72 Å². The molecule has 0 radical (unpaired) electrons. The summed E-state index contributed by atoms with van der Waals surface area (Å²) in [6, 6.07) is 1.21. The molecule has 0 aliphatic rings. The maximum atomic E-state index is 11.8.